The fourth-order valence-corrected chi connectivity index (χ4v) is 3.20. The van der Waals surface area contributed by atoms with Gasteiger partial charge in [0.1, 0.15) is 5.04 Å². The standard InChI is InChI=1S/C17H14ClNOS/c18-15-5-6-16-14(9-15)10-19-17(21-16)7-4-12-2-1-3-13(8-12)11-20/h1-8,10,20H,9,11H2/b7-4+. The number of benzene rings is 1. The zero-order valence-corrected chi connectivity index (χ0v) is 12.9. The summed E-state index contributed by atoms with van der Waals surface area (Å²) < 4.78 is 0. The van der Waals surface area contributed by atoms with Crippen LogP contribution in [-0.4, -0.2) is 10.2 Å². The van der Waals surface area contributed by atoms with Crippen molar-refractivity contribution in [3.63, 3.8) is 0 Å². The molecule has 106 valence electrons. The Morgan fingerprint density at radius 3 is 3.05 bits per heavy atom. The molecule has 0 spiro atoms. The topological polar surface area (TPSA) is 32.6 Å². The number of aliphatic imine (C=N–C) groups is 1. The molecule has 1 aromatic rings. The molecule has 0 saturated heterocycles. The lowest BCUT2D eigenvalue weighted by atomic mass is 10.1. The molecule has 0 aromatic heterocycles. The van der Waals surface area contributed by atoms with Gasteiger partial charge in [-0.25, -0.2) is 4.99 Å². The smallest absolute Gasteiger partial charge is 0.101 e. The third kappa shape index (κ3) is 3.56. The molecule has 4 heteroatoms. The molecule has 0 bridgehead atoms. The highest BCUT2D eigenvalue weighted by Crippen LogP contribution is 2.37. The van der Waals surface area contributed by atoms with Crippen LogP contribution in [0.1, 0.15) is 17.5 Å². The summed E-state index contributed by atoms with van der Waals surface area (Å²) >= 11 is 7.68. The summed E-state index contributed by atoms with van der Waals surface area (Å²) in [5.74, 6) is 0. The lowest BCUT2D eigenvalue weighted by molar-refractivity contribution is 0.282. The second-order valence-corrected chi connectivity index (χ2v) is 6.33. The van der Waals surface area contributed by atoms with Gasteiger partial charge in [0.15, 0.2) is 0 Å². The Kier molecular flexibility index (Phi) is 4.44. The van der Waals surface area contributed by atoms with Crippen molar-refractivity contribution in [2.75, 3.05) is 0 Å². The highest BCUT2D eigenvalue weighted by atomic mass is 35.5. The van der Waals surface area contributed by atoms with Crippen LogP contribution in [0.4, 0.5) is 0 Å². The van der Waals surface area contributed by atoms with E-state index in [1.807, 2.05) is 54.8 Å². The van der Waals surface area contributed by atoms with Crippen molar-refractivity contribution in [3.05, 3.63) is 75.3 Å². The van der Waals surface area contributed by atoms with E-state index in [2.05, 4.69) is 4.99 Å². The number of hydrogen-bond donors (Lipinski definition) is 1. The molecule has 2 nitrogen and oxygen atoms in total. The predicted molar refractivity (Wildman–Crippen MR) is 91.1 cm³/mol. The van der Waals surface area contributed by atoms with Crippen molar-refractivity contribution in [2.45, 2.75) is 13.0 Å². The Morgan fingerprint density at radius 1 is 1.29 bits per heavy atom. The number of halogens is 1. The first-order chi connectivity index (χ1) is 10.2. The summed E-state index contributed by atoms with van der Waals surface area (Å²) in [7, 11) is 0. The number of aliphatic hydroxyl groups is 1. The predicted octanol–water partition coefficient (Wildman–Crippen LogP) is 4.63. The third-order valence-corrected chi connectivity index (χ3v) is 4.53. The van der Waals surface area contributed by atoms with Crippen molar-refractivity contribution < 1.29 is 5.11 Å². The van der Waals surface area contributed by atoms with Crippen LogP contribution in [0, 0.1) is 0 Å². The van der Waals surface area contributed by atoms with E-state index in [1.54, 1.807) is 11.8 Å². The van der Waals surface area contributed by atoms with Crippen molar-refractivity contribution >= 4 is 34.5 Å². The average molecular weight is 316 g/mol. The van der Waals surface area contributed by atoms with E-state index < -0.39 is 0 Å². The molecule has 1 heterocycles. The van der Waals surface area contributed by atoms with Gasteiger partial charge in [-0.2, -0.15) is 0 Å². The molecule has 0 atom stereocenters. The lowest BCUT2D eigenvalue weighted by Gasteiger charge is -2.17. The Balaban J connectivity index is 1.76. The number of aliphatic hydroxyl groups excluding tert-OH is 1. The monoisotopic (exact) mass is 315 g/mol. The van der Waals surface area contributed by atoms with Crippen molar-refractivity contribution in [1.82, 2.24) is 0 Å². The SMILES string of the molecule is OCc1cccc(/C=C/C2=NC=C3CC(Cl)=CC=C3S2)c1. The van der Waals surface area contributed by atoms with Crippen molar-refractivity contribution in [2.24, 2.45) is 4.99 Å². The van der Waals surface area contributed by atoms with Crippen molar-refractivity contribution in [3.8, 4) is 0 Å². The fraction of sp³-hybridized carbons (Fsp3) is 0.118. The lowest BCUT2D eigenvalue weighted by Crippen LogP contribution is -2.00. The molecule has 0 amide bonds. The van der Waals surface area contributed by atoms with Gasteiger partial charge >= 0.3 is 0 Å². The second kappa shape index (κ2) is 6.48. The molecule has 1 N–H and O–H groups in total. The summed E-state index contributed by atoms with van der Waals surface area (Å²) in [6.07, 6.45) is 10.6. The molecular formula is C17H14ClNOS. The molecule has 2 aliphatic rings. The van der Waals surface area contributed by atoms with Crippen molar-refractivity contribution in [1.29, 1.82) is 0 Å². The van der Waals surface area contributed by atoms with Crippen LogP contribution in [0.3, 0.4) is 0 Å². The molecular weight excluding hydrogens is 302 g/mol. The average Bonchev–Trinajstić information content (AvgIpc) is 2.53. The van der Waals surface area contributed by atoms with Gasteiger partial charge in [-0.1, -0.05) is 47.6 Å². The number of thioether (sulfide) groups is 1. The number of nitrogens with zero attached hydrogens (tertiary/aromatic N) is 1. The number of fused-ring (bicyclic) bond motifs is 1. The molecule has 0 radical (unpaired) electrons. The van der Waals surface area contributed by atoms with Gasteiger partial charge in [0, 0.05) is 22.6 Å². The first kappa shape index (κ1) is 14.4. The minimum Gasteiger partial charge on any atom is -0.392 e. The summed E-state index contributed by atoms with van der Waals surface area (Å²) in [5.41, 5.74) is 3.14. The van der Waals surface area contributed by atoms with Crippen LogP contribution < -0.4 is 0 Å². The summed E-state index contributed by atoms with van der Waals surface area (Å²) in [6.45, 7) is 0.0590. The van der Waals surface area contributed by atoms with Crippen LogP contribution in [0.5, 0.6) is 0 Å². The van der Waals surface area contributed by atoms with Crippen LogP contribution in [0.25, 0.3) is 6.08 Å². The van der Waals surface area contributed by atoms with Crippen LogP contribution in [0.2, 0.25) is 0 Å². The van der Waals surface area contributed by atoms with Gasteiger partial charge in [0.2, 0.25) is 0 Å². The molecule has 1 aromatic carbocycles. The first-order valence-corrected chi connectivity index (χ1v) is 7.83. The molecule has 0 fully saturated rings. The Labute approximate surface area is 133 Å². The van der Waals surface area contributed by atoms with E-state index in [0.29, 0.717) is 0 Å². The Bertz CT molecular complexity index is 713. The zero-order valence-electron chi connectivity index (χ0n) is 11.3. The maximum Gasteiger partial charge on any atom is 0.101 e. The maximum atomic E-state index is 9.15. The van der Waals surface area contributed by atoms with Crippen LogP contribution in [0.15, 0.2) is 69.2 Å². The minimum absolute atomic E-state index is 0.0590. The van der Waals surface area contributed by atoms with E-state index in [9.17, 15) is 0 Å². The van der Waals surface area contributed by atoms with Gasteiger partial charge in [0.25, 0.3) is 0 Å². The Morgan fingerprint density at radius 2 is 2.19 bits per heavy atom. The van der Waals surface area contributed by atoms with Gasteiger partial charge in [-0.3, -0.25) is 0 Å². The van der Waals surface area contributed by atoms with E-state index >= 15 is 0 Å². The van der Waals surface area contributed by atoms with E-state index in [0.717, 1.165) is 27.6 Å². The minimum atomic E-state index is 0.0590. The third-order valence-electron chi connectivity index (χ3n) is 3.21. The largest absolute Gasteiger partial charge is 0.392 e. The van der Waals surface area contributed by atoms with Gasteiger partial charge in [0.05, 0.1) is 6.61 Å². The Hall–Kier alpha value is -1.55. The van der Waals surface area contributed by atoms with E-state index in [-0.39, 0.29) is 6.61 Å². The number of hydrogen-bond acceptors (Lipinski definition) is 3. The quantitative estimate of drug-likeness (QED) is 0.882. The van der Waals surface area contributed by atoms with Gasteiger partial charge in [-0.15, -0.1) is 0 Å². The molecule has 0 unspecified atom stereocenters. The summed E-state index contributed by atoms with van der Waals surface area (Å²) in [6, 6.07) is 7.82. The highest BCUT2D eigenvalue weighted by Gasteiger charge is 2.16. The molecule has 1 aliphatic carbocycles. The molecule has 3 rings (SSSR count). The molecule has 21 heavy (non-hydrogen) atoms. The van der Waals surface area contributed by atoms with E-state index in [4.69, 9.17) is 16.7 Å². The molecule has 0 saturated carbocycles. The maximum absolute atomic E-state index is 9.15. The van der Waals surface area contributed by atoms with E-state index in [1.165, 1.54) is 10.5 Å². The molecule has 1 aliphatic heterocycles. The van der Waals surface area contributed by atoms with Gasteiger partial charge < -0.3 is 5.11 Å². The van der Waals surface area contributed by atoms with Crippen LogP contribution in [-0.2, 0) is 6.61 Å². The van der Waals surface area contributed by atoms with Gasteiger partial charge in [-0.05, 0) is 41.0 Å². The number of rotatable bonds is 3. The summed E-state index contributed by atoms with van der Waals surface area (Å²) in [4.78, 5) is 5.67. The fourth-order valence-electron chi connectivity index (χ4n) is 2.13. The van der Waals surface area contributed by atoms with Crippen LogP contribution >= 0.6 is 23.4 Å². The second-order valence-electron chi connectivity index (χ2n) is 4.78. The number of allylic oxidation sites excluding steroid dienone is 4. The highest BCUT2D eigenvalue weighted by molar-refractivity contribution is 8.17. The first-order valence-electron chi connectivity index (χ1n) is 6.64. The zero-order chi connectivity index (χ0) is 14.7. The normalized spacial score (nSPS) is 17.8. The summed E-state index contributed by atoms with van der Waals surface area (Å²) in [5, 5.41) is 10.9.